The molecule has 0 saturated heterocycles. The van der Waals surface area contributed by atoms with Crippen LogP contribution in [0.3, 0.4) is 0 Å². The molecule has 0 saturated carbocycles. The van der Waals surface area contributed by atoms with Crippen molar-refractivity contribution in [3.05, 3.63) is 48.5 Å². The zero-order valence-electron chi connectivity index (χ0n) is 16.5. The van der Waals surface area contributed by atoms with Gasteiger partial charge in [0.2, 0.25) is 5.91 Å². The second-order valence-electron chi connectivity index (χ2n) is 6.13. The van der Waals surface area contributed by atoms with E-state index in [2.05, 4.69) is 25.7 Å². The molecule has 0 aliphatic carbocycles. The Morgan fingerprint density at radius 1 is 1.25 bits per heavy atom. The van der Waals surface area contributed by atoms with Gasteiger partial charge in [-0.3, -0.25) is 14.5 Å². The van der Waals surface area contributed by atoms with Crippen molar-refractivity contribution in [3.8, 4) is 0 Å². The zero-order chi connectivity index (χ0) is 19.3. The van der Waals surface area contributed by atoms with E-state index in [-0.39, 0.29) is 36.4 Å². The first-order valence-electron chi connectivity index (χ1n) is 9.32. The van der Waals surface area contributed by atoms with E-state index < -0.39 is 0 Å². The number of nitrogens with one attached hydrogen (secondary N) is 2. The van der Waals surface area contributed by atoms with E-state index in [1.807, 2.05) is 42.1 Å². The number of rotatable bonds is 10. The fourth-order valence-corrected chi connectivity index (χ4v) is 2.44. The quantitative estimate of drug-likeness (QED) is 0.224. The molecule has 0 unspecified atom stereocenters. The molecule has 2 heterocycles. The minimum atomic E-state index is -0.0142. The van der Waals surface area contributed by atoms with Crippen LogP contribution in [0.1, 0.15) is 19.0 Å². The number of pyridine rings is 1. The van der Waals surface area contributed by atoms with Gasteiger partial charge in [0, 0.05) is 63.9 Å². The van der Waals surface area contributed by atoms with Crippen LogP contribution in [0.25, 0.3) is 0 Å². The van der Waals surface area contributed by atoms with E-state index in [0.717, 1.165) is 38.2 Å². The van der Waals surface area contributed by atoms with Gasteiger partial charge < -0.3 is 15.5 Å². The minimum absolute atomic E-state index is 0. The van der Waals surface area contributed by atoms with Crippen molar-refractivity contribution in [2.45, 2.75) is 26.3 Å². The molecular weight excluding hydrogens is 469 g/mol. The molecule has 0 fully saturated rings. The lowest BCUT2D eigenvalue weighted by molar-refractivity contribution is -0.128. The van der Waals surface area contributed by atoms with E-state index in [4.69, 9.17) is 0 Å². The second kappa shape index (κ2) is 13.9. The Kier molecular flexibility index (Phi) is 11.9. The number of hydrogen-bond donors (Lipinski definition) is 2. The van der Waals surface area contributed by atoms with Gasteiger partial charge in [0.1, 0.15) is 6.54 Å². The summed E-state index contributed by atoms with van der Waals surface area (Å²) in [4.78, 5) is 22.6. The highest BCUT2D eigenvalue weighted by Crippen LogP contribution is 1.97. The lowest BCUT2D eigenvalue weighted by Gasteiger charge is -2.16. The monoisotopic (exact) mass is 499 g/mol. The zero-order valence-corrected chi connectivity index (χ0v) is 18.9. The highest BCUT2D eigenvalue weighted by Gasteiger charge is 2.09. The maximum atomic E-state index is 12.3. The summed E-state index contributed by atoms with van der Waals surface area (Å²) in [7, 11) is 1.80. The third-order valence-electron chi connectivity index (χ3n) is 3.99. The van der Waals surface area contributed by atoms with Crippen LogP contribution in [0.4, 0.5) is 0 Å². The van der Waals surface area contributed by atoms with Crippen LogP contribution in [-0.2, 0) is 17.8 Å². The Morgan fingerprint density at radius 3 is 2.79 bits per heavy atom. The third-order valence-corrected chi connectivity index (χ3v) is 3.99. The van der Waals surface area contributed by atoms with Gasteiger partial charge in [-0.25, -0.2) is 4.99 Å². The van der Waals surface area contributed by atoms with E-state index in [9.17, 15) is 4.79 Å². The summed E-state index contributed by atoms with van der Waals surface area (Å²) in [5, 5.41) is 10.6. The van der Waals surface area contributed by atoms with Gasteiger partial charge in [0.25, 0.3) is 0 Å². The van der Waals surface area contributed by atoms with Crippen LogP contribution >= 0.6 is 24.0 Å². The van der Waals surface area contributed by atoms with Crippen LogP contribution in [0.2, 0.25) is 0 Å². The summed E-state index contributed by atoms with van der Waals surface area (Å²) in [6.45, 7) is 5.09. The van der Waals surface area contributed by atoms with Crippen molar-refractivity contribution < 1.29 is 4.79 Å². The van der Waals surface area contributed by atoms with Crippen LogP contribution in [-0.4, -0.2) is 64.8 Å². The van der Waals surface area contributed by atoms with Crippen molar-refractivity contribution in [1.29, 1.82) is 0 Å². The fraction of sp³-hybridized carbons (Fsp3) is 0.474. The number of likely N-dealkylation sites (N-methyl/N-ethyl adjacent to an activating group) is 1. The molecule has 0 spiro atoms. The number of amides is 1. The Morgan fingerprint density at radius 2 is 2.11 bits per heavy atom. The van der Waals surface area contributed by atoms with E-state index in [1.165, 1.54) is 0 Å². The summed E-state index contributed by atoms with van der Waals surface area (Å²) >= 11 is 0. The summed E-state index contributed by atoms with van der Waals surface area (Å²) in [6, 6.07) is 7.72. The molecule has 2 aromatic rings. The predicted molar refractivity (Wildman–Crippen MR) is 122 cm³/mol. The molecule has 0 aliphatic rings. The second-order valence-corrected chi connectivity index (χ2v) is 6.13. The number of carbonyl (C=O) groups excluding carboxylic acids is 1. The molecule has 2 aromatic heterocycles. The molecule has 9 heteroatoms. The summed E-state index contributed by atoms with van der Waals surface area (Å²) < 4.78 is 1.89. The molecular formula is C19H30IN7O. The highest BCUT2D eigenvalue weighted by atomic mass is 127. The normalized spacial score (nSPS) is 10.9. The molecule has 0 bridgehead atoms. The largest absolute Gasteiger partial charge is 0.357 e. The number of aliphatic imine (C=N–C) groups is 1. The van der Waals surface area contributed by atoms with Gasteiger partial charge in [-0.2, -0.15) is 5.10 Å². The number of aryl methyl sites for hydroxylation is 1. The van der Waals surface area contributed by atoms with Crippen molar-refractivity contribution in [1.82, 2.24) is 30.3 Å². The Balaban J connectivity index is 0.00000392. The third kappa shape index (κ3) is 9.16. The van der Waals surface area contributed by atoms with Crippen LogP contribution in [0.5, 0.6) is 0 Å². The first-order chi connectivity index (χ1) is 13.2. The van der Waals surface area contributed by atoms with Crippen LogP contribution < -0.4 is 10.6 Å². The van der Waals surface area contributed by atoms with Gasteiger partial charge >= 0.3 is 0 Å². The fourth-order valence-electron chi connectivity index (χ4n) is 2.44. The molecule has 2 N–H and O–H groups in total. The van der Waals surface area contributed by atoms with Gasteiger partial charge in [-0.1, -0.05) is 6.07 Å². The molecule has 0 atom stereocenters. The molecule has 154 valence electrons. The van der Waals surface area contributed by atoms with Gasteiger partial charge in [-0.15, -0.1) is 24.0 Å². The Bertz CT molecular complexity index is 692. The number of guanidine groups is 1. The first kappa shape index (κ1) is 23.9. The minimum Gasteiger partial charge on any atom is -0.357 e. The van der Waals surface area contributed by atoms with E-state index in [0.29, 0.717) is 12.5 Å². The van der Waals surface area contributed by atoms with Crippen molar-refractivity contribution in [2.24, 2.45) is 4.99 Å². The average molecular weight is 499 g/mol. The smallest absolute Gasteiger partial charge is 0.244 e. The van der Waals surface area contributed by atoms with Crippen molar-refractivity contribution in [3.63, 3.8) is 0 Å². The number of nitrogens with zero attached hydrogens (tertiary/aromatic N) is 5. The summed E-state index contributed by atoms with van der Waals surface area (Å²) in [6.07, 6.45) is 7.14. The number of carbonyl (C=O) groups is 1. The molecule has 0 radical (unpaired) electrons. The van der Waals surface area contributed by atoms with Gasteiger partial charge in [0.05, 0.1) is 0 Å². The lowest BCUT2D eigenvalue weighted by Crippen LogP contribution is -2.39. The molecule has 1 amide bonds. The molecule has 0 aliphatic heterocycles. The summed E-state index contributed by atoms with van der Waals surface area (Å²) in [5.74, 6) is 0.643. The van der Waals surface area contributed by atoms with Crippen LogP contribution in [0, 0.1) is 0 Å². The summed E-state index contributed by atoms with van der Waals surface area (Å²) in [5.41, 5.74) is 0.979. The standard InChI is InChI=1S/C19H29N7O.HI/c1-3-20-19(22-11-6-13-26-14-7-12-24-26)23-16-18(27)25(2)15-9-17-8-4-5-10-21-17;/h4-5,7-8,10,12,14H,3,6,9,11,13,15-16H2,1-2H3,(H2,20,22,23);1H. The number of halogens is 1. The maximum absolute atomic E-state index is 12.3. The van der Waals surface area contributed by atoms with Crippen molar-refractivity contribution in [2.75, 3.05) is 33.2 Å². The van der Waals surface area contributed by atoms with Gasteiger partial charge in [0.15, 0.2) is 5.96 Å². The Hall–Kier alpha value is -2.17. The Labute approximate surface area is 183 Å². The number of hydrogen-bond acceptors (Lipinski definition) is 4. The van der Waals surface area contributed by atoms with Gasteiger partial charge in [-0.05, 0) is 31.5 Å². The SMILES string of the molecule is CCNC(=NCC(=O)N(C)CCc1ccccn1)NCCCn1cccn1.I. The molecule has 28 heavy (non-hydrogen) atoms. The van der Waals surface area contributed by atoms with Crippen LogP contribution in [0.15, 0.2) is 47.8 Å². The molecule has 8 nitrogen and oxygen atoms in total. The topological polar surface area (TPSA) is 87.4 Å². The average Bonchev–Trinajstić information content (AvgIpc) is 3.21. The maximum Gasteiger partial charge on any atom is 0.244 e. The lowest BCUT2D eigenvalue weighted by atomic mass is 10.2. The van der Waals surface area contributed by atoms with E-state index in [1.54, 1.807) is 24.3 Å². The molecule has 2 rings (SSSR count). The number of aromatic nitrogens is 3. The van der Waals surface area contributed by atoms with Crippen molar-refractivity contribution >= 4 is 35.8 Å². The molecule has 0 aromatic carbocycles. The first-order valence-corrected chi connectivity index (χ1v) is 9.32. The van der Waals surface area contributed by atoms with E-state index >= 15 is 0 Å². The predicted octanol–water partition coefficient (Wildman–Crippen LogP) is 1.54. The highest BCUT2D eigenvalue weighted by molar-refractivity contribution is 14.0.